The first-order valence-corrected chi connectivity index (χ1v) is 7.05. The molecule has 0 saturated carbocycles. The molecule has 0 bridgehead atoms. The second kappa shape index (κ2) is 8.17. The molecule has 116 valence electrons. The summed E-state index contributed by atoms with van der Waals surface area (Å²) in [7, 11) is 0. The van der Waals surface area contributed by atoms with E-state index in [1.54, 1.807) is 24.3 Å². The molecule has 3 N–H and O–H groups in total. The van der Waals surface area contributed by atoms with E-state index < -0.39 is 12.2 Å². The lowest BCUT2D eigenvalue weighted by Crippen LogP contribution is -2.13. The zero-order valence-electron chi connectivity index (χ0n) is 12.1. The maximum Gasteiger partial charge on any atom is 0.411 e. The highest BCUT2D eigenvalue weighted by Gasteiger charge is 2.08. The largest absolute Gasteiger partial charge is 0.444 e. The van der Waals surface area contributed by atoms with Crippen molar-refractivity contribution < 1.29 is 19.7 Å². The molecule has 2 rings (SSSR count). The highest BCUT2D eigenvalue weighted by molar-refractivity contribution is 5.84. The number of hydrogen-bond donors (Lipinski definition) is 3. The molecule has 22 heavy (non-hydrogen) atoms. The lowest BCUT2D eigenvalue weighted by atomic mass is 10.1. The SMILES string of the molecule is O=C(Nc1ccc(C(O)CCO)cc1)OCc1ccccc1. The van der Waals surface area contributed by atoms with Gasteiger partial charge >= 0.3 is 6.09 Å². The van der Waals surface area contributed by atoms with Crippen molar-refractivity contribution in [3.63, 3.8) is 0 Å². The molecule has 0 aliphatic heterocycles. The molecular weight excluding hydrogens is 282 g/mol. The zero-order valence-corrected chi connectivity index (χ0v) is 12.1. The lowest BCUT2D eigenvalue weighted by Gasteiger charge is -2.11. The number of carbonyl (C=O) groups is 1. The van der Waals surface area contributed by atoms with Crippen LogP contribution < -0.4 is 5.32 Å². The Morgan fingerprint density at radius 1 is 1.09 bits per heavy atom. The third kappa shape index (κ3) is 4.87. The molecule has 0 saturated heterocycles. The highest BCUT2D eigenvalue weighted by Crippen LogP contribution is 2.18. The van der Waals surface area contributed by atoms with Gasteiger partial charge in [0.15, 0.2) is 0 Å². The second-order valence-electron chi connectivity index (χ2n) is 4.84. The van der Waals surface area contributed by atoms with Crippen molar-refractivity contribution in [3.8, 4) is 0 Å². The topological polar surface area (TPSA) is 78.8 Å². The van der Waals surface area contributed by atoms with Crippen molar-refractivity contribution in [1.29, 1.82) is 0 Å². The molecule has 0 aliphatic rings. The summed E-state index contributed by atoms with van der Waals surface area (Å²) >= 11 is 0. The molecule has 0 heterocycles. The van der Waals surface area contributed by atoms with Crippen LogP contribution in [0.25, 0.3) is 0 Å². The van der Waals surface area contributed by atoms with Crippen molar-refractivity contribution in [2.75, 3.05) is 11.9 Å². The van der Waals surface area contributed by atoms with Crippen LogP contribution >= 0.6 is 0 Å². The van der Waals surface area contributed by atoms with Crippen LogP contribution in [0, 0.1) is 0 Å². The van der Waals surface area contributed by atoms with Gasteiger partial charge in [0.25, 0.3) is 0 Å². The van der Waals surface area contributed by atoms with Gasteiger partial charge in [0.05, 0.1) is 6.10 Å². The van der Waals surface area contributed by atoms with Gasteiger partial charge in [-0.25, -0.2) is 4.79 Å². The van der Waals surface area contributed by atoms with E-state index in [1.807, 2.05) is 30.3 Å². The van der Waals surface area contributed by atoms with E-state index in [0.717, 1.165) is 5.56 Å². The molecule has 2 aromatic carbocycles. The normalized spacial score (nSPS) is 11.7. The minimum absolute atomic E-state index is 0.0764. The van der Waals surface area contributed by atoms with E-state index in [4.69, 9.17) is 9.84 Å². The van der Waals surface area contributed by atoms with Gasteiger partial charge < -0.3 is 14.9 Å². The van der Waals surface area contributed by atoms with Gasteiger partial charge in [0.2, 0.25) is 0 Å². The lowest BCUT2D eigenvalue weighted by molar-refractivity contribution is 0.134. The molecule has 5 nitrogen and oxygen atoms in total. The molecule has 1 unspecified atom stereocenters. The highest BCUT2D eigenvalue weighted by atomic mass is 16.5. The fourth-order valence-electron chi connectivity index (χ4n) is 1.95. The van der Waals surface area contributed by atoms with Crippen LogP contribution in [0.15, 0.2) is 54.6 Å². The number of aliphatic hydroxyl groups excluding tert-OH is 2. The number of amides is 1. The average Bonchev–Trinajstić information content (AvgIpc) is 2.55. The van der Waals surface area contributed by atoms with Crippen molar-refractivity contribution in [1.82, 2.24) is 0 Å². The minimum atomic E-state index is -0.705. The van der Waals surface area contributed by atoms with Gasteiger partial charge in [-0.05, 0) is 23.3 Å². The van der Waals surface area contributed by atoms with Gasteiger partial charge in [-0.1, -0.05) is 42.5 Å². The summed E-state index contributed by atoms with van der Waals surface area (Å²) in [6.07, 6.45) is -0.956. The van der Waals surface area contributed by atoms with Crippen LogP contribution in [0.4, 0.5) is 10.5 Å². The monoisotopic (exact) mass is 301 g/mol. The molecule has 0 radical (unpaired) electrons. The first-order valence-electron chi connectivity index (χ1n) is 7.05. The van der Waals surface area contributed by atoms with Crippen LogP contribution in [0.1, 0.15) is 23.7 Å². The first kappa shape index (κ1) is 16.0. The summed E-state index contributed by atoms with van der Waals surface area (Å²) in [5.74, 6) is 0. The Kier molecular flexibility index (Phi) is 5.94. The van der Waals surface area contributed by atoms with Crippen LogP contribution in [0.3, 0.4) is 0 Å². The van der Waals surface area contributed by atoms with Gasteiger partial charge in [0.1, 0.15) is 6.61 Å². The molecule has 0 spiro atoms. The Balaban J connectivity index is 1.84. The zero-order chi connectivity index (χ0) is 15.8. The fourth-order valence-corrected chi connectivity index (χ4v) is 1.95. The summed E-state index contributed by atoms with van der Waals surface area (Å²) in [6.45, 7) is 0.132. The molecule has 5 heteroatoms. The van der Waals surface area contributed by atoms with E-state index >= 15 is 0 Å². The number of hydrogen-bond acceptors (Lipinski definition) is 4. The Bertz CT molecular complexity index is 583. The molecule has 1 amide bonds. The van der Waals surface area contributed by atoms with Gasteiger partial charge in [-0.15, -0.1) is 0 Å². The summed E-state index contributed by atoms with van der Waals surface area (Å²) < 4.78 is 5.12. The number of benzene rings is 2. The van der Waals surface area contributed by atoms with Crippen molar-refractivity contribution >= 4 is 11.8 Å². The van der Waals surface area contributed by atoms with Crippen LogP contribution in [0.2, 0.25) is 0 Å². The standard InChI is InChI=1S/C17H19NO4/c19-11-10-16(20)14-6-8-15(9-7-14)18-17(21)22-12-13-4-2-1-3-5-13/h1-9,16,19-20H,10-12H2,(H,18,21). The Hall–Kier alpha value is -2.37. The fraction of sp³-hybridized carbons (Fsp3) is 0.235. The molecule has 0 aliphatic carbocycles. The van der Waals surface area contributed by atoms with Gasteiger partial charge in [0, 0.05) is 18.7 Å². The van der Waals surface area contributed by atoms with Crippen LogP contribution in [0.5, 0.6) is 0 Å². The predicted molar refractivity (Wildman–Crippen MR) is 83.4 cm³/mol. The van der Waals surface area contributed by atoms with Crippen LogP contribution in [-0.2, 0) is 11.3 Å². The maximum absolute atomic E-state index is 11.7. The number of rotatable bonds is 6. The van der Waals surface area contributed by atoms with Crippen molar-refractivity contribution in [3.05, 3.63) is 65.7 Å². The second-order valence-corrected chi connectivity index (χ2v) is 4.84. The summed E-state index contributed by atoms with van der Waals surface area (Å²) in [5, 5.41) is 21.1. The number of carbonyl (C=O) groups excluding carboxylic acids is 1. The number of ether oxygens (including phenoxy) is 1. The Labute approximate surface area is 129 Å². The van der Waals surface area contributed by atoms with Crippen LogP contribution in [-0.4, -0.2) is 22.9 Å². The third-order valence-electron chi connectivity index (χ3n) is 3.16. The number of aliphatic hydroxyl groups is 2. The van der Waals surface area contributed by atoms with E-state index in [0.29, 0.717) is 11.3 Å². The van der Waals surface area contributed by atoms with E-state index in [-0.39, 0.29) is 19.6 Å². The number of nitrogens with one attached hydrogen (secondary N) is 1. The van der Waals surface area contributed by atoms with E-state index in [1.165, 1.54) is 0 Å². The average molecular weight is 301 g/mol. The molecule has 2 aromatic rings. The van der Waals surface area contributed by atoms with E-state index in [2.05, 4.69) is 5.32 Å². The summed E-state index contributed by atoms with van der Waals surface area (Å²) in [6, 6.07) is 16.2. The Morgan fingerprint density at radius 3 is 2.41 bits per heavy atom. The van der Waals surface area contributed by atoms with Crippen molar-refractivity contribution in [2.45, 2.75) is 19.1 Å². The van der Waals surface area contributed by atoms with Gasteiger partial charge in [-0.2, -0.15) is 0 Å². The number of anilines is 1. The molecule has 1 atom stereocenters. The molecule has 0 aromatic heterocycles. The smallest absolute Gasteiger partial charge is 0.411 e. The minimum Gasteiger partial charge on any atom is -0.444 e. The quantitative estimate of drug-likeness (QED) is 0.766. The van der Waals surface area contributed by atoms with Crippen molar-refractivity contribution in [2.24, 2.45) is 0 Å². The maximum atomic E-state index is 11.7. The predicted octanol–water partition coefficient (Wildman–Crippen LogP) is 2.85. The first-order chi connectivity index (χ1) is 10.7. The van der Waals surface area contributed by atoms with E-state index in [9.17, 15) is 9.90 Å². The Morgan fingerprint density at radius 2 is 1.77 bits per heavy atom. The van der Waals surface area contributed by atoms with Gasteiger partial charge in [-0.3, -0.25) is 5.32 Å². The molecular formula is C17H19NO4. The summed E-state index contributed by atoms with van der Waals surface area (Å²) in [5.41, 5.74) is 2.19. The molecule has 0 fully saturated rings. The summed E-state index contributed by atoms with van der Waals surface area (Å²) in [4.78, 5) is 11.7. The third-order valence-corrected chi connectivity index (χ3v) is 3.16.